The third-order valence-electron chi connectivity index (χ3n) is 2.94. The van der Waals surface area contributed by atoms with Crippen LogP contribution in [-0.4, -0.2) is 21.9 Å². The maximum Gasteiger partial charge on any atom is 0.322 e. The third kappa shape index (κ3) is 3.76. The van der Waals surface area contributed by atoms with E-state index in [9.17, 15) is 4.79 Å². The maximum absolute atomic E-state index is 11.8. The highest BCUT2D eigenvalue weighted by Gasteiger charge is 2.29. The summed E-state index contributed by atoms with van der Waals surface area (Å²) in [7, 11) is 0. The van der Waals surface area contributed by atoms with Crippen molar-refractivity contribution in [3.8, 4) is 0 Å². The number of hydrogen-bond donors (Lipinski definition) is 2. The lowest BCUT2D eigenvalue weighted by molar-refractivity contribution is -0.113. The fourth-order valence-corrected chi connectivity index (χ4v) is 2.86. The molecule has 6 nitrogen and oxygen atoms in total. The second-order valence-corrected chi connectivity index (χ2v) is 6.67. The number of carbonyl (C=O) groups excluding carboxylic acids is 1. The van der Waals surface area contributed by atoms with Crippen molar-refractivity contribution in [1.29, 1.82) is 0 Å². The number of benzene rings is 1. The van der Waals surface area contributed by atoms with Gasteiger partial charge in [0.25, 0.3) is 0 Å². The molecule has 2 aromatic rings. The minimum absolute atomic E-state index is 0.159. The number of nitrogen functional groups attached to an aromatic ring is 1. The van der Waals surface area contributed by atoms with E-state index in [1.165, 1.54) is 11.8 Å². The van der Waals surface area contributed by atoms with Gasteiger partial charge in [-0.3, -0.25) is 10.1 Å². The topological polar surface area (TPSA) is 94.0 Å². The van der Waals surface area contributed by atoms with E-state index < -0.39 is 0 Å². The molecule has 8 heteroatoms. The van der Waals surface area contributed by atoms with Crippen LogP contribution in [0.2, 0.25) is 0 Å². The van der Waals surface area contributed by atoms with E-state index in [0.29, 0.717) is 17.5 Å². The summed E-state index contributed by atoms with van der Waals surface area (Å²) in [5.74, 6) is 1.01. The Hall–Kier alpha value is -1.54. The SMILES string of the molecule is Nc1cc(Br)ccc1SCC(=O)Nc1nnc(C2CC2)o1. The number of carbonyl (C=O) groups is 1. The molecule has 0 unspecified atom stereocenters. The van der Waals surface area contributed by atoms with Gasteiger partial charge in [-0.1, -0.05) is 21.0 Å². The Bertz CT molecular complexity index is 672. The highest BCUT2D eigenvalue weighted by molar-refractivity contribution is 9.10. The van der Waals surface area contributed by atoms with Gasteiger partial charge in [0.05, 0.1) is 5.75 Å². The molecule has 3 N–H and O–H groups in total. The van der Waals surface area contributed by atoms with Gasteiger partial charge >= 0.3 is 6.01 Å². The van der Waals surface area contributed by atoms with Crippen molar-refractivity contribution in [3.63, 3.8) is 0 Å². The quantitative estimate of drug-likeness (QED) is 0.622. The fourth-order valence-electron chi connectivity index (χ4n) is 1.73. The van der Waals surface area contributed by atoms with E-state index in [2.05, 4.69) is 31.4 Å². The monoisotopic (exact) mass is 368 g/mol. The van der Waals surface area contributed by atoms with Gasteiger partial charge in [0, 0.05) is 21.0 Å². The largest absolute Gasteiger partial charge is 0.408 e. The third-order valence-corrected chi connectivity index (χ3v) is 4.53. The van der Waals surface area contributed by atoms with E-state index in [1.807, 2.05) is 12.1 Å². The molecule has 0 bridgehead atoms. The first-order valence-electron chi connectivity index (χ1n) is 6.43. The first-order valence-corrected chi connectivity index (χ1v) is 8.21. The fraction of sp³-hybridized carbons (Fsp3) is 0.308. The van der Waals surface area contributed by atoms with Gasteiger partial charge in [-0.15, -0.1) is 16.9 Å². The van der Waals surface area contributed by atoms with Gasteiger partial charge in [0.2, 0.25) is 11.8 Å². The zero-order valence-electron chi connectivity index (χ0n) is 11.0. The lowest BCUT2D eigenvalue weighted by Crippen LogP contribution is -2.14. The number of amides is 1. The number of nitrogens with two attached hydrogens (primary N) is 1. The second-order valence-electron chi connectivity index (χ2n) is 4.74. The predicted molar refractivity (Wildman–Crippen MR) is 84.2 cm³/mol. The molecule has 0 spiro atoms. The number of halogens is 1. The number of thioether (sulfide) groups is 1. The molecule has 1 aromatic heterocycles. The first-order chi connectivity index (χ1) is 10.1. The van der Waals surface area contributed by atoms with Crippen molar-refractivity contribution in [3.05, 3.63) is 28.6 Å². The lowest BCUT2D eigenvalue weighted by Gasteiger charge is -2.05. The van der Waals surface area contributed by atoms with E-state index in [-0.39, 0.29) is 17.7 Å². The second kappa shape index (κ2) is 6.07. The van der Waals surface area contributed by atoms with Gasteiger partial charge in [0.15, 0.2) is 0 Å². The summed E-state index contributed by atoms with van der Waals surface area (Å²) in [6.07, 6.45) is 2.16. The molecule has 0 aliphatic heterocycles. The van der Waals surface area contributed by atoms with E-state index >= 15 is 0 Å². The Balaban J connectivity index is 1.53. The van der Waals surface area contributed by atoms with Crippen LogP contribution in [0.1, 0.15) is 24.7 Å². The van der Waals surface area contributed by atoms with E-state index in [1.54, 1.807) is 6.07 Å². The Labute approximate surface area is 134 Å². The molecule has 110 valence electrons. The van der Waals surface area contributed by atoms with Crippen molar-refractivity contribution in [2.24, 2.45) is 0 Å². The number of rotatable bonds is 5. The molecule has 1 fully saturated rings. The minimum Gasteiger partial charge on any atom is -0.408 e. The maximum atomic E-state index is 11.8. The summed E-state index contributed by atoms with van der Waals surface area (Å²) >= 11 is 4.70. The Morgan fingerprint density at radius 2 is 2.29 bits per heavy atom. The van der Waals surface area contributed by atoms with Crippen LogP contribution in [0.15, 0.2) is 32.0 Å². The molecular formula is C13H13BrN4O2S. The molecular weight excluding hydrogens is 356 g/mol. The number of aromatic nitrogens is 2. The van der Waals surface area contributed by atoms with E-state index in [4.69, 9.17) is 10.2 Å². The normalized spacial score (nSPS) is 14.1. The Morgan fingerprint density at radius 1 is 1.48 bits per heavy atom. The number of nitrogens with zero attached hydrogens (tertiary/aromatic N) is 2. The number of hydrogen-bond acceptors (Lipinski definition) is 6. The highest BCUT2D eigenvalue weighted by Crippen LogP contribution is 2.39. The molecule has 0 radical (unpaired) electrons. The zero-order valence-corrected chi connectivity index (χ0v) is 13.4. The van der Waals surface area contributed by atoms with Gasteiger partial charge in [-0.05, 0) is 31.0 Å². The van der Waals surface area contributed by atoms with Crippen molar-refractivity contribution in [1.82, 2.24) is 10.2 Å². The van der Waals surface area contributed by atoms with Crippen LogP contribution in [-0.2, 0) is 4.79 Å². The van der Waals surface area contributed by atoms with Crippen LogP contribution < -0.4 is 11.1 Å². The van der Waals surface area contributed by atoms with Crippen LogP contribution in [0.5, 0.6) is 0 Å². The minimum atomic E-state index is -0.201. The summed E-state index contributed by atoms with van der Waals surface area (Å²) in [4.78, 5) is 12.7. The Kier molecular flexibility index (Phi) is 4.16. The number of anilines is 2. The molecule has 1 aliphatic carbocycles. The zero-order chi connectivity index (χ0) is 14.8. The van der Waals surface area contributed by atoms with Crippen LogP contribution >= 0.6 is 27.7 Å². The van der Waals surface area contributed by atoms with Crippen molar-refractivity contribution in [2.45, 2.75) is 23.7 Å². The Morgan fingerprint density at radius 3 is 3.00 bits per heavy atom. The molecule has 1 amide bonds. The summed E-state index contributed by atoms with van der Waals surface area (Å²) in [6, 6.07) is 5.72. The highest BCUT2D eigenvalue weighted by atomic mass is 79.9. The lowest BCUT2D eigenvalue weighted by atomic mass is 10.3. The molecule has 1 aliphatic rings. The standard InChI is InChI=1S/C13H13BrN4O2S/c14-8-3-4-10(9(15)5-8)21-6-11(19)16-13-18-17-12(20-13)7-1-2-7/h3-5,7H,1-2,6,15H2,(H,16,18,19). The van der Waals surface area contributed by atoms with Gasteiger partial charge < -0.3 is 10.2 Å². The summed E-state index contributed by atoms with van der Waals surface area (Å²) in [6.45, 7) is 0. The predicted octanol–water partition coefficient (Wildman–Crippen LogP) is 3.02. The summed E-state index contributed by atoms with van der Waals surface area (Å²) in [5, 5.41) is 10.3. The summed E-state index contributed by atoms with van der Waals surface area (Å²) in [5.41, 5.74) is 6.52. The summed E-state index contributed by atoms with van der Waals surface area (Å²) < 4.78 is 6.28. The molecule has 3 rings (SSSR count). The van der Waals surface area contributed by atoms with Gasteiger partial charge in [0.1, 0.15) is 0 Å². The van der Waals surface area contributed by atoms with Crippen LogP contribution in [0, 0.1) is 0 Å². The molecule has 1 saturated carbocycles. The van der Waals surface area contributed by atoms with Crippen molar-refractivity contribution in [2.75, 3.05) is 16.8 Å². The average molecular weight is 369 g/mol. The average Bonchev–Trinajstić information content (AvgIpc) is 3.19. The number of nitrogens with one attached hydrogen (secondary N) is 1. The molecule has 0 saturated heterocycles. The van der Waals surface area contributed by atoms with Crippen LogP contribution in [0.25, 0.3) is 0 Å². The molecule has 0 atom stereocenters. The molecule has 1 heterocycles. The van der Waals surface area contributed by atoms with Crippen molar-refractivity contribution < 1.29 is 9.21 Å². The van der Waals surface area contributed by atoms with Gasteiger partial charge in [-0.25, -0.2) is 0 Å². The van der Waals surface area contributed by atoms with Crippen molar-refractivity contribution >= 4 is 45.3 Å². The van der Waals surface area contributed by atoms with E-state index in [0.717, 1.165) is 22.2 Å². The molecule has 21 heavy (non-hydrogen) atoms. The van der Waals surface area contributed by atoms with Gasteiger partial charge in [-0.2, -0.15) is 0 Å². The molecule has 1 aromatic carbocycles. The van der Waals surface area contributed by atoms with Crippen LogP contribution in [0.4, 0.5) is 11.7 Å². The van der Waals surface area contributed by atoms with Crippen LogP contribution in [0.3, 0.4) is 0 Å². The smallest absolute Gasteiger partial charge is 0.322 e. The first kappa shape index (κ1) is 14.4.